The number of aryl methyl sites for hydroxylation is 1. The first-order chi connectivity index (χ1) is 16.9. The SMILES string of the molecule is Cc1nc(CN(C)C(=O)c2cccc(C(=O)N[C@@H](Cc3ccccc3)[C@H](O)C3CCCN3)c2)cs1. The predicted molar refractivity (Wildman–Crippen MR) is 138 cm³/mol. The molecule has 1 aliphatic heterocycles. The minimum Gasteiger partial charge on any atom is -0.389 e. The molecule has 2 amide bonds. The third-order valence-corrected chi connectivity index (χ3v) is 7.14. The van der Waals surface area contributed by atoms with E-state index in [1.54, 1.807) is 47.5 Å². The zero-order valence-corrected chi connectivity index (χ0v) is 20.9. The lowest BCUT2D eigenvalue weighted by atomic mass is 9.95. The molecule has 7 nitrogen and oxygen atoms in total. The van der Waals surface area contributed by atoms with E-state index >= 15 is 0 Å². The van der Waals surface area contributed by atoms with Gasteiger partial charge in [-0.05, 0) is 56.5 Å². The zero-order chi connectivity index (χ0) is 24.8. The van der Waals surface area contributed by atoms with E-state index in [1.165, 1.54) is 0 Å². The third-order valence-electron chi connectivity index (χ3n) is 6.32. The van der Waals surface area contributed by atoms with Crippen LogP contribution in [-0.4, -0.2) is 58.6 Å². The number of carbonyl (C=O) groups excluding carboxylic acids is 2. The van der Waals surface area contributed by atoms with Gasteiger partial charge in [-0.15, -0.1) is 11.3 Å². The molecule has 2 aromatic carbocycles. The van der Waals surface area contributed by atoms with Crippen molar-refractivity contribution in [2.45, 2.75) is 50.9 Å². The zero-order valence-electron chi connectivity index (χ0n) is 20.1. The van der Waals surface area contributed by atoms with E-state index in [2.05, 4.69) is 15.6 Å². The first kappa shape index (κ1) is 25.0. The Hall–Kier alpha value is -3.07. The summed E-state index contributed by atoms with van der Waals surface area (Å²) in [5.41, 5.74) is 2.70. The smallest absolute Gasteiger partial charge is 0.253 e. The Morgan fingerprint density at radius 3 is 2.66 bits per heavy atom. The Labute approximate surface area is 210 Å². The van der Waals surface area contributed by atoms with Crippen molar-refractivity contribution < 1.29 is 14.7 Å². The molecule has 1 fully saturated rings. The number of nitrogens with one attached hydrogen (secondary N) is 2. The highest BCUT2D eigenvalue weighted by molar-refractivity contribution is 7.09. The van der Waals surface area contributed by atoms with E-state index in [1.807, 2.05) is 42.6 Å². The van der Waals surface area contributed by atoms with Gasteiger partial charge in [-0.3, -0.25) is 9.59 Å². The monoisotopic (exact) mass is 492 g/mol. The first-order valence-electron chi connectivity index (χ1n) is 11.9. The molecule has 1 unspecified atom stereocenters. The molecule has 0 spiro atoms. The summed E-state index contributed by atoms with van der Waals surface area (Å²) < 4.78 is 0. The minimum absolute atomic E-state index is 0.0556. The van der Waals surface area contributed by atoms with Crippen LogP contribution in [0.1, 0.15) is 49.8 Å². The van der Waals surface area contributed by atoms with E-state index in [0.29, 0.717) is 24.1 Å². The average molecular weight is 493 g/mol. The van der Waals surface area contributed by atoms with E-state index in [4.69, 9.17) is 0 Å². The van der Waals surface area contributed by atoms with Crippen molar-refractivity contribution in [2.24, 2.45) is 0 Å². The number of hydrogen-bond acceptors (Lipinski definition) is 6. The van der Waals surface area contributed by atoms with Crippen molar-refractivity contribution in [1.29, 1.82) is 0 Å². The molecular weight excluding hydrogens is 460 g/mol. The Kier molecular flexibility index (Phi) is 8.28. The topological polar surface area (TPSA) is 94.6 Å². The lowest BCUT2D eigenvalue weighted by molar-refractivity contribution is 0.0737. The Bertz CT molecular complexity index is 1140. The minimum atomic E-state index is -0.723. The van der Waals surface area contributed by atoms with Crippen LogP contribution in [0.3, 0.4) is 0 Å². The van der Waals surface area contributed by atoms with Gasteiger partial charge in [0.25, 0.3) is 11.8 Å². The standard InChI is InChI=1S/C27H32N4O3S/c1-18-29-22(17-35-18)16-31(2)27(34)21-11-6-10-20(15-21)26(33)30-24(14-19-8-4-3-5-9-19)25(32)23-12-7-13-28-23/h3-6,8-11,15,17,23-25,28,32H,7,12-14,16H2,1-2H3,(H,30,33)/t23?,24-,25+/m0/s1. The fraction of sp³-hybridized carbons (Fsp3) is 0.370. The van der Waals surface area contributed by atoms with Crippen LogP contribution in [0.15, 0.2) is 60.0 Å². The van der Waals surface area contributed by atoms with Crippen molar-refractivity contribution in [1.82, 2.24) is 20.5 Å². The van der Waals surface area contributed by atoms with Crippen LogP contribution in [0.5, 0.6) is 0 Å². The summed E-state index contributed by atoms with van der Waals surface area (Å²) in [6.07, 6.45) is 1.67. The summed E-state index contributed by atoms with van der Waals surface area (Å²) >= 11 is 1.55. The Morgan fingerprint density at radius 2 is 1.97 bits per heavy atom. The van der Waals surface area contributed by atoms with Crippen molar-refractivity contribution in [3.05, 3.63) is 87.4 Å². The van der Waals surface area contributed by atoms with Gasteiger partial charge in [0.2, 0.25) is 0 Å². The molecule has 0 aliphatic carbocycles. The summed E-state index contributed by atoms with van der Waals surface area (Å²) in [5, 5.41) is 20.4. The van der Waals surface area contributed by atoms with E-state index in [-0.39, 0.29) is 17.9 Å². The number of aromatic nitrogens is 1. The third kappa shape index (κ3) is 6.54. The van der Waals surface area contributed by atoms with Crippen LogP contribution in [0.4, 0.5) is 0 Å². The molecule has 4 rings (SSSR count). The lowest BCUT2D eigenvalue weighted by Crippen LogP contribution is -2.52. The largest absolute Gasteiger partial charge is 0.389 e. The molecule has 2 heterocycles. The van der Waals surface area contributed by atoms with Crippen LogP contribution in [-0.2, 0) is 13.0 Å². The quantitative estimate of drug-likeness (QED) is 0.427. The number of thiazole rings is 1. The number of nitrogens with zero attached hydrogens (tertiary/aromatic N) is 2. The molecule has 184 valence electrons. The van der Waals surface area contributed by atoms with Gasteiger partial charge in [-0.25, -0.2) is 4.98 Å². The van der Waals surface area contributed by atoms with E-state index < -0.39 is 12.1 Å². The average Bonchev–Trinajstić information content (AvgIpc) is 3.55. The van der Waals surface area contributed by atoms with Gasteiger partial charge in [0.05, 0.1) is 29.4 Å². The van der Waals surface area contributed by atoms with Crippen LogP contribution in [0.2, 0.25) is 0 Å². The predicted octanol–water partition coefficient (Wildman–Crippen LogP) is 3.18. The van der Waals surface area contributed by atoms with E-state index in [9.17, 15) is 14.7 Å². The Morgan fingerprint density at radius 1 is 1.20 bits per heavy atom. The summed E-state index contributed by atoms with van der Waals surface area (Å²) in [4.78, 5) is 32.2. The maximum absolute atomic E-state index is 13.2. The number of aliphatic hydroxyl groups is 1. The Balaban J connectivity index is 1.47. The van der Waals surface area contributed by atoms with Gasteiger partial charge < -0.3 is 20.6 Å². The molecule has 1 aromatic heterocycles. The van der Waals surface area contributed by atoms with Crippen LogP contribution in [0.25, 0.3) is 0 Å². The van der Waals surface area contributed by atoms with Gasteiger partial charge in [-0.2, -0.15) is 0 Å². The molecule has 0 radical (unpaired) electrons. The number of amides is 2. The summed E-state index contributed by atoms with van der Waals surface area (Å²) in [6, 6.07) is 16.0. The number of benzene rings is 2. The van der Waals surface area contributed by atoms with Crippen LogP contribution >= 0.6 is 11.3 Å². The second-order valence-corrected chi connectivity index (χ2v) is 10.1. The van der Waals surface area contributed by atoms with Gasteiger partial charge in [0.15, 0.2) is 0 Å². The number of hydrogen-bond donors (Lipinski definition) is 3. The molecule has 0 saturated carbocycles. The first-order valence-corrected chi connectivity index (χ1v) is 12.8. The number of carbonyl (C=O) groups is 2. The maximum atomic E-state index is 13.2. The van der Waals surface area contributed by atoms with Gasteiger partial charge in [0, 0.05) is 29.6 Å². The van der Waals surface area contributed by atoms with Gasteiger partial charge >= 0.3 is 0 Å². The highest BCUT2D eigenvalue weighted by Crippen LogP contribution is 2.17. The van der Waals surface area contributed by atoms with Gasteiger partial charge in [-0.1, -0.05) is 36.4 Å². The molecule has 8 heteroatoms. The summed E-state index contributed by atoms with van der Waals surface area (Å²) in [6.45, 7) is 3.20. The highest BCUT2D eigenvalue weighted by atomic mass is 32.1. The van der Waals surface area contributed by atoms with Crippen molar-refractivity contribution in [3.63, 3.8) is 0 Å². The molecular formula is C27H32N4O3S. The molecule has 1 aliphatic rings. The molecule has 3 N–H and O–H groups in total. The van der Waals surface area contributed by atoms with Gasteiger partial charge in [0.1, 0.15) is 0 Å². The molecule has 3 aromatic rings. The van der Waals surface area contributed by atoms with Crippen molar-refractivity contribution in [2.75, 3.05) is 13.6 Å². The lowest BCUT2D eigenvalue weighted by Gasteiger charge is -2.29. The van der Waals surface area contributed by atoms with Crippen molar-refractivity contribution >= 4 is 23.2 Å². The number of aliphatic hydroxyl groups excluding tert-OH is 1. The maximum Gasteiger partial charge on any atom is 0.253 e. The molecule has 35 heavy (non-hydrogen) atoms. The van der Waals surface area contributed by atoms with Crippen molar-refractivity contribution in [3.8, 4) is 0 Å². The summed E-state index contributed by atoms with van der Waals surface area (Å²) in [5.74, 6) is -0.489. The molecule has 1 saturated heterocycles. The molecule has 0 bridgehead atoms. The highest BCUT2D eigenvalue weighted by Gasteiger charge is 2.31. The van der Waals surface area contributed by atoms with E-state index in [0.717, 1.165) is 35.7 Å². The molecule has 3 atom stereocenters. The fourth-order valence-corrected chi connectivity index (χ4v) is 5.07. The second kappa shape index (κ2) is 11.6. The van der Waals surface area contributed by atoms with Crippen LogP contribution < -0.4 is 10.6 Å². The number of rotatable bonds is 9. The summed E-state index contributed by atoms with van der Waals surface area (Å²) in [7, 11) is 1.73. The second-order valence-electron chi connectivity index (χ2n) is 9.06. The fourth-order valence-electron chi connectivity index (χ4n) is 4.47. The normalized spacial score (nSPS) is 17.1. The van der Waals surface area contributed by atoms with Crippen LogP contribution in [0, 0.1) is 6.92 Å².